The number of carbonyl (C=O) groups excluding carboxylic acids is 1. The Hall–Kier alpha value is -2.20. The molecule has 25 heavy (non-hydrogen) atoms. The maximum absolute atomic E-state index is 12.1. The van der Waals surface area contributed by atoms with Gasteiger partial charge in [-0.3, -0.25) is 14.2 Å². The van der Waals surface area contributed by atoms with Crippen molar-refractivity contribution in [2.75, 3.05) is 0 Å². The predicted octanol–water partition coefficient (Wildman–Crippen LogP) is 1.78. The van der Waals surface area contributed by atoms with Crippen molar-refractivity contribution in [3.8, 4) is 6.07 Å². The van der Waals surface area contributed by atoms with Gasteiger partial charge in [-0.15, -0.1) is 0 Å². The molecule has 1 atom stereocenters. The number of esters is 1. The number of ether oxygens (including phenoxy) is 2. The average Bonchev–Trinajstić information content (AvgIpc) is 2.90. The number of carbonyl (C=O) groups is 1. The molecule has 1 aromatic rings. The van der Waals surface area contributed by atoms with E-state index < -0.39 is 5.60 Å². The lowest BCUT2D eigenvalue weighted by molar-refractivity contribution is -0.181. The van der Waals surface area contributed by atoms with Crippen LogP contribution in [-0.4, -0.2) is 32.8 Å². The second kappa shape index (κ2) is 6.26. The smallest absolute Gasteiger partial charge is 0.309 e. The molecule has 1 spiro atoms. The van der Waals surface area contributed by atoms with Crippen molar-refractivity contribution < 1.29 is 14.3 Å². The fourth-order valence-electron chi connectivity index (χ4n) is 3.56. The van der Waals surface area contributed by atoms with E-state index in [1.807, 2.05) is 26.8 Å². The lowest BCUT2D eigenvalue weighted by atomic mass is 9.69. The van der Waals surface area contributed by atoms with E-state index in [0.29, 0.717) is 19.4 Å². The van der Waals surface area contributed by atoms with Crippen LogP contribution in [0.1, 0.15) is 52.1 Å². The standard InChI is InChI=1S/C18H23N3O4/c1-17(2,3)25-16(23)12-7-18(8-12)5-4-14(24-18)10-21-11-20-13(9-19)6-15(21)22/h6,11-12,14H,4-5,7-8,10H2,1-3H3. The number of hydrogen-bond acceptors (Lipinski definition) is 6. The average molecular weight is 345 g/mol. The molecule has 1 aromatic heterocycles. The fraction of sp³-hybridized carbons (Fsp3) is 0.667. The summed E-state index contributed by atoms with van der Waals surface area (Å²) in [5, 5.41) is 8.76. The van der Waals surface area contributed by atoms with Crippen LogP contribution in [0.3, 0.4) is 0 Å². The van der Waals surface area contributed by atoms with Crippen LogP contribution in [0, 0.1) is 17.2 Å². The van der Waals surface area contributed by atoms with E-state index in [1.165, 1.54) is 17.0 Å². The molecule has 1 aliphatic carbocycles. The van der Waals surface area contributed by atoms with Gasteiger partial charge in [-0.1, -0.05) is 0 Å². The Kier molecular flexibility index (Phi) is 4.41. The van der Waals surface area contributed by atoms with Gasteiger partial charge in [0, 0.05) is 6.07 Å². The number of aromatic nitrogens is 2. The Morgan fingerprint density at radius 3 is 2.84 bits per heavy atom. The monoisotopic (exact) mass is 345 g/mol. The van der Waals surface area contributed by atoms with E-state index in [4.69, 9.17) is 14.7 Å². The summed E-state index contributed by atoms with van der Waals surface area (Å²) < 4.78 is 13.0. The largest absolute Gasteiger partial charge is 0.460 e. The molecule has 134 valence electrons. The fourth-order valence-corrected chi connectivity index (χ4v) is 3.56. The highest BCUT2D eigenvalue weighted by Crippen LogP contribution is 2.50. The van der Waals surface area contributed by atoms with Crippen LogP contribution >= 0.6 is 0 Å². The number of rotatable bonds is 3. The van der Waals surface area contributed by atoms with Gasteiger partial charge in [0.1, 0.15) is 17.4 Å². The van der Waals surface area contributed by atoms with Crippen molar-refractivity contribution >= 4 is 5.97 Å². The van der Waals surface area contributed by atoms with Crippen LogP contribution in [0.5, 0.6) is 0 Å². The molecule has 2 fully saturated rings. The molecule has 1 saturated carbocycles. The minimum Gasteiger partial charge on any atom is -0.460 e. The van der Waals surface area contributed by atoms with E-state index in [9.17, 15) is 9.59 Å². The second-order valence-corrected chi connectivity index (χ2v) is 7.98. The molecule has 0 N–H and O–H groups in total. The summed E-state index contributed by atoms with van der Waals surface area (Å²) in [6.45, 7) is 6.01. The van der Waals surface area contributed by atoms with Crippen LogP contribution in [0.15, 0.2) is 17.2 Å². The van der Waals surface area contributed by atoms with Gasteiger partial charge in [0.25, 0.3) is 5.56 Å². The highest BCUT2D eigenvalue weighted by atomic mass is 16.6. The SMILES string of the molecule is CC(C)(C)OC(=O)C1CC2(CCC(Cn3cnc(C#N)cc3=O)O2)C1. The Morgan fingerprint density at radius 2 is 2.24 bits per heavy atom. The van der Waals surface area contributed by atoms with Gasteiger partial charge in [0.05, 0.1) is 30.5 Å². The van der Waals surface area contributed by atoms with Gasteiger partial charge >= 0.3 is 5.97 Å². The molecule has 1 saturated heterocycles. The van der Waals surface area contributed by atoms with Gasteiger partial charge in [-0.2, -0.15) is 5.26 Å². The first kappa shape index (κ1) is 17.6. The lowest BCUT2D eigenvalue weighted by Crippen LogP contribution is -2.48. The molecular formula is C18H23N3O4. The Bertz CT molecular complexity index is 766. The first-order chi connectivity index (χ1) is 11.7. The van der Waals surface area contributed by atoms with Crippen molar-refractivity contribution in [3.05, 3.63) is 28.4 Å². The molecular weight excluding hydrogens is 322 g/mol. The number of nitriles is 1. The van der Waals surface area contributed by atoms with Crippen LogP contribution in [-0.2, 0) is 20.8 Å². The molecule has 0 aromatic carbocycles. The van der Waals surface area contributed by atoms with Gasteiger partial charge < -0.3 is 9.47 Å². The third-order valence-corrected chi connectivity index (χ3v) is 4.71. The van der Waals surface area contributed by atoms with Crippen molar-refractivity contribution in [1.82, 2.24) is 9.55 Å². The van der Waals surface area contributed by atoms with Crippen LogP contribution in [0.2, 0.25) is 0 Å². The molecule has 0 amide bonds. The summed E-state index contributed by atoms with van der Waals surface area (Å²) in [6.07, 6.45) is 4.40. The van der Waals surface area contributed by atoms with Crippen LogP contribution < -0.4 is 5.56 Å². The van der Waals surface area contributed by atoms with E-state index in [2.05, 4.69) is 4.98 Å². The molecule has 0 radical (unpaired) electrons. The maximum atomic E-state index is 12.1. The molecule has 2 aliphatic rings. The van der Waals surface area contributed by atoms with Gasteiger partial charge in [0.2, 0.25) is 0 Å². The lowest BCUT2D eigenvalue weighted by Gasteiger charge is -2.44. The van der Waals surface area contributed by atoms with E-state index in [1.54, 1.807) is 0 Å². The van der Waals surface area contributed by atoms with Gasteiger partial charge in [-0.05, 0) is 46.5 Å². The summed E-state index contributed by atoms with van der Waals surface area (Å²) in [7, 11) is 0. The zero-order valence-electron chi connectivity index (χ0n) is 14.8. The maximum Gasteiger partial charge on any atom is 0.309 e. The zero-order valence-corrected chi connectivity index (χ0v) is 14.8. The van der Waals surface area contributed by atoms with Gasteiger partial charge in [0.15, 0.2) is 0 Å². The van der Waals surface area contributed by atoms with E-state index in [0.717, 1.165) is 12.8 Å². The summed E-state index contributed by atoms with van der Waals surface area (Å²) >= 11 is 0. The zero-order chi connectivity index (χ0) is 18.2. The highest BCUT2D eigenvalue weighted by Gasteiger charge is 2.53. The summed E-state index contributed by atoms with van der Waals surface area (Å²) in [5.74, 6) is -0.255. The highest BCUT2D eigenvalue weighted by molar-refractivity contribution is 5.74. The first-order valence-corrected chi connectivity index (χ1v) is 8.57. The van der Waals surface area contributed by atoms with Crippen molar-refractivity contribution in [3.63, 3.8) is 0 Å². The summed E-state index contributed by atoms with van der Waals surface area (Å²) in [6, 6.07) is 3.08. The predicted molar refractivity (Wildman–Crippen MR) is 88.6 cm³/mol. The minimum absolute atomic E-state index is 0.0768. The molecule has 7 nitrogen and oxygen atoms in total. The Balaban J connectivity index is 1.54. The van der Waals surface area contributed by atoms with E-state index >= 15 is 0 Å². The number of nitrogens with zero attached hydrogens (tertiary/aromatic N) is 3. The van der Waals surface area contributed by atoms with Crippen molar-refractivity contribution in [2.45, 2.75) is 70.3 Å². The van der Waals surface area contributed by atoms with Crippen molar-refractivity contribution in [1.29, 1.82) is 5.26 Å². The molecule has 2 heterocycles. The molecule has 7 heteroatoms. The Morgan fingerprint density at radius 1 is 1.52 bits per heavy atom. The second-order valence-electron chi connectivity index (χ2n) is 7.98. The molecule has 3 rings (SSSR count). The quantitative estimate of drug-likeness (QED) is 0.775. The normalized spacial score (nSPS) is 28.4. The third-order valence-electron chi connectivity index (χ3n) is 4.71. The number of hydrogen-bond donors (Lipinski definition) is 0. The molecule has 0 bridgehead atoms. The van der Waals surface area contributed by atoms with E-state index in [-0.39, 0.29) is 34.8 Å². The minimum atomic E-state index is -0.470. The summed E-state index contributed by atoms with van der Waals surface area (Å²) in [4.78, 5) is 28.0. The molecule has 1 unspecified atom stereocenters. The first-order valence-electron chi connectivity index (χ1n) is 8.57. The van der Waals surface area contributed by atoms with Crippen LogP contribution in [0.25, 0.3) is 0 Å². The van der Waals surface area contributed by atoms with Crippen molar-refractivity contribution in [2.24, 2.45) is 5.92 Å². The van der Waals surface area contributed by atoms with Gasteiger partial charge in [-0.25, -0.2) is 4.98 Å². The molecule has 1 aliphatic heterocycles. The van der Waals surface area contributed by atoms with Crippen LogP contribution in [0.4, 0.5) is 0 Å². The third kappa shape index (κ3) is 3.90. The Labute approximate surface area is 146 Å². The topological polar surface area (TPSA) is 94.2 Å². The summed E-state index contributed by atoms with van der Waals surface area (Å²) in [5.41, 5.74) is -0.862.